The topological polar surface area (TPSA) is 112 Å². The van der Waals surface area contributed by atoms with Gasteiger partial charge in [0.15, 0.2) is 5.69 Å². The van der Waals surface area contributed by atoms with Crippen LogP contribution >= 0.6 is 23.2 Å². The molecule has 1 aliphatic heterocycles. The van der Waals surface area contributed by atoms with Crippen molar-refractivity contribution in [3.63, 3.8) is 0 Å². The summed E-state index contributed by atoms with van der Waals surface area (Å²) in [7, 11) is 0. The van der Waals surface area contributed by atoms with Crippen molar-refractivity contribution in [1.82, 2.24) is 20.0 Å². The highest BCUT2D eigenvalue weighted by Gasteiger charge is 2.26. The predicted octanol–water partition coefficient (Wildman–Crippen LogP) is 4.73. The maximum Gasteiger partial charge on any atom is 0.294 e. The number of rotatable bonds is 9. The zero-order valence-electron chi connectivity index (χ0n) is 21.3. The Morgan fingerprint density at radius 1 is 1.21 bits per heavy atom. The van der Waals surface area contributed by atoms with E-state index in [-0.39, 0.29) is 12.5 Å². The lowest BCUT2D eigenvalue weighted by Crippen LogP contribution is -2.48. The third-order valence-corrected chi connectivity index (χ3v) is 6.51. The molecule has 4 rings (SSSR count). The number of carbonyl (C=O) groups is 1. The van der Waals surface area contributed by atoms with E-state index >= 15 is 0 Å². The minimum Gasteiger partial charge on any atom is -0.379 e. The van der Waals surface area contributed by atoms with E-state index in [2.05, 4.69) is 22.1 Å². The summed E-state index contributed by atoms with van der Waals surface area (Å²) in [5, 5.41) is 12.2. The molecule has 0 aliphatic carbocycles. The number of unbranched alkanes of at least 4 members (excludes halogenated alkanes) is 1. The summed E-state index contributed by atoms with van der Waals surface area (Å²) < 4.78 is 7.30. The molecule has 0 unspecified atom stereocenters. The first-order chi connectivity index (χ1) is 18.9. The van der Waals surface area contributed by atoms with Gasteiger partial charge in [-0.05, 0) is 55.3 Å². The van der Waals surface area contributed by atoms with Gasteiger partial charge in [0.05, 0.1) is 30.5 Å². The molecule has 39 heavy (non-hydrogen) atoms. The molecule has 12 heteroatoms. The average Bonchev–Trinajstić information content (AvgIpc) is 3.31. The zero-order chi connectivity index (χ0) is 27.8. The van der Waals surface area contributed by atoms with Crippen molar-refractivity contribution in [3.8, 4) is 28.9 Å². The van der Waals surface area contributed by atoms with E-state index in [0.29, 0.717) is 72.7 Å². The SMILES string of the molecule is CCc1c(C(=O)NN2CCOCC2)nc(-c2ccc(Cl)cc2Cl)n1-c1ccc(C#CCCCO[N+](=O)[O-])cc1. The lowest BCUT2D eigenvalue weighted by Gasteiger charge is -2.26. The first-order valence-electron chi connectivity index (χ1n) is 12.4. The molecule has 0 atom stereocenters. The Morgan fingerprint density at radius 3 is 2.62 bits per heavy atom. The van der Waals surface area contributed by atoms with Gasteiger partial charge in [-0.1, -0.05) is 42.0 Å². The molecule has 0 spiro atoms. The van der Waals surface area contributed by atoms with Gasteiger partial charge in [-0.15, -0.1) is 10.1 Å². The first-order valence-corrected chi connectivity index (χ1v) is 13.2. The normalized spacial score (nSPS) is 13.4. The number of nitrogens with zero attached hydrogens (tertiary/aromatic N) is 4. The number of hydrogen-bond donors (Lipinski definition) is 1. The van der Waals surface area contributed by atoms with Crippen LogP contribution in [-0.4, -0.2) is 58.5 Å². The van der Waals surface area contributed by atoms with Crippen LogP contribution in [0.5, 0.6) is 0 Å². The number of aromatic nitrogens is 2. The van der Waals surface area contributed by atoms with E-state index in [1.54, 1.807) is 18.2 Å². The molecule has 0 saturated carbocycles. The molecule has 1 saturated heterocycles. The Hall–Kier alpha value is -3.62. The lowest BCUT2D eigenvalue weighted by atomic mass is 10.1. The van der Waals surface area contributed by atoms with Crippen LogP contribution < -0.4 is 5.43 Å². The number of hydrogen-bond acceptors (Lipinski definition) is 7. The smallest absolute Gasteiger partial charge is 0.294 e. The van der Waals surface area contributed by atoms with Crippen LogP contribution in [0.25, 0.3) is 17.1 Å². The molecule has 10 nitrogen and oxygen atoms in total. The van der Waals surface area contributed by atoms with Gasteiger partial charge < -0.3 is 9.57 Å². The van der Waals surface area contributed by atoms with Crippen LogP contribution in [0.4, 0.5) is 0 Å². The van der Waals surface area contributed by atoms with Crippen molar-refractivity contribution in [1.29, 1.82) is 0 Å². The fourth-order valence-electron chi connectivity index (χ4n) is 4.12. The highest BCUT2D eigenvalue weighted by molar-refractivity contribution is 6.36. The lowest BCUT2D eigenvalue weighted by molar-refractivity contribution is -0.757. The molecule has 0 bridgehead atoms. The Bertz CT molecular complexity index is 1390. The number of amides is 1. The summed E-state index contributed by atoms with van der Waals surface area (Å²) in [5.41, 5.74) is 6.20. The number of imidazole rings is 1. The molecule has 1 N–H and O–H groups in total. The van der Waals surface area contributed by atoms with Crippen molar-refractivity contribution >= 4 is 29.1 Å². The van der Waals surface area contributed by atoms with Crippen LogP contribution in [0.2, 0.25) is 10.0 Å². The maximum absolute atomic E-state index is 13.4. The number of benzene rings is 2. The highest BCUT2D eigenvalue weighted by Crippen LogP contribution is 2.33. The van der Waals surface area contributed by atoms with E-state index in [4.69, 9.17) is 32.9 Å². The van der Waals surface area contributed by atoms with Crippen molar-refractivity contribution < 1.29 is 19.5 Å². The van der Waals surface area contributed by atoms with Gasteiger partial charge in [0, 0.05) is 41.3 Å². The zero-order valence-corrected chi connectivity index (χ0v) is 22.8. The van der Waals surface area contributed by atoms with Crippen LogP contribution in [0.3, 0.4) is 0 Å². The second-order valence-electron chi connectivity index (χ2n) is 8.59. The summed E-state index contributed by atoms with van der Waals surface area (Å²) in [6.45, 7) is 4.25. The molecule has 2 heterocycles. The van der Waals surface area contributed by atoms with E-state index in [1.165, 1.54) is 0 Å². The van der Waals surface area contributed by atoms with E-state index in [0.717, 1.165) is 16.9 Å². The van der Waals surface area contributed by atoms with E-state index in [1.807, 2.05) is 40.8 Å². The van der Waals surface area contributed by atoms with Crippen molar-refractivity contribution in [2.45, 2.75) is 26.2 Å². The summed E-state index contributed by atoms with van der Waals surface area (Å²) >= 11 is 12.7. The number of hydrazine groups is 1. The van der Waals surface area contributed by atoms with Crippen molar-refractivity contribution in [3.05, 3.63) is 79.6 Å². The van der Waals surface area contributed by atoms with Crippen LogP contribution in [0.15, 0.2) is 42.5 Å². The molecule has 204 valence electrons. The van der Waals surface area contributed by atoms with Gasteiger partial charge in [0.1, 0.15) is 5.82 Å². The molecule has 3 aromatic rings. The molecule has 2 aromatic carbocycles. The summed E-state index contributed by atoms with van der Waals surface area (Å²) in [5.74, 6) is 6.27. The monoisotopic (exact) mass is 571 g/mol. The van der Waals surface area contributed by atoms with Crippen LogP contribution in [0.1, 0.15) is 41.5 Å². The first kappa shape index (κ1) is 28.4. The minimum absolute atomic E-state index is 0.0124. The number of halogens is 2. The number of morpholine rings is 1. The molecular weight excluding hydrogens is 545 g/mol. The standard InChI is InChI=1S/C27H27Cl2N5O5/c1-2-24-25(27(35)31-32-13-16-38-17-14-32)30-26(22-12-9-20(28)18-23(22)29)33(24)21-10-7-19(8-11-21)6-4-3-5-15-39-34(36)37/h7-12,18H,2-3,5,13-17H2,1H3,(H,31,35). The van der Waals surface area contributed by atoms with Crippen LogP contribution in [-0.2, 0) is 16.0 Å². The molecule has 1 aliphatic rings. The third-order valence-electron chi connectivity index (χ3n) is 5.97. The van der Waals surface area contributed by atoms with Crippen LogP contribution in [0, 0.1) is 22.0 Å². The number of ether oxygens (including phenoxy) is 1. The largest absolute Gasteiger partial charge is 0.379 e. The van der Waals surface area contributed by atoms with Gasteiger partial charge in [0.2, 0.25) is 0 Å². The molecular formula is C27H27Cl2N5O5. The van der Waals surface area contributed by atoms with Gasteiger partial charge in [0.25, 0.3) is 11.0 Å². The summed E-state index contributed by atoms with van der Waals surface area (Å²) in [6.07, 6.45) is 1.47. The van der Waals surface area contributed by atoms with Crippen molar-refractivity contribution in [2.24, 2.45) is 0 Å². The second kappa shape index (κ2) is 13.4. The Kier molecular flexibility index (Phi) is 9.79. The molecule has 1 amide bonds. The highest BCUT2D eigenvalue weighted by atomic mass is 35.5. The fraction of sp³-hybridized carbons (Fsp3) is 0.333. The Balaban J connectivity index is 1.66. The van der Waals surface area contributed by atoms with Gasteiger partial charge in [-0.3, -0.25) is 14.8 Å². The van der Waals surface area contributed by atoms with Gasteiger partial charge >= 0.3 is 0 Å². The van der Waals surface area contributed by atoms with Gasteiger partial charge in [-0.2, -0.15) is 0 Å². The Labute approximate surface area is 235 Å². The molecule has 0 radical (unpaired) electrons. The number of carbonyl (C=O) groups excluding carboxylic acids is 1. The van der Waals surface area contributed by atoms with Crippen molar-refractivity contribution in [2.75, 3.05) is 32.9 Å². The second-order valence-corrected chi connectivity index (χ2v) is 9.44. The molecule has 1 fully saturated rings. The van der Waals surface area contributed by atoms with Gasteiger partial charge in [-0.25, -0.2) is 9.99 Å². The summed E-state index contributed by atoms with van der Waals surface area (Å²) in [6, 6.07) is 12.7. The minimum atomic E-state index is -0.810. The van der Waals surface area contributed by atoms with E-state index < -0.39 is 5.09 Å². The fourth-order valence-corrected chi connectivity index (χ4v) is 4.61. The maximum atomic E-state index is 13.4. The summed E-state index contributed by atoms with van der Waals surface area (Å²) in [4.78, 5) is 32.7. The Morgan fingerprint density at radius 2 is 1.95 bits per heavy atom. The third kappa shape index (κ3) is 7.28. The average molecular weight is 572 g/mol. The number of nitrogens with one attached hydrogen (secondary N) is 1. The van der Waals surface area contributed by atoms with E-state index in [9.17, 15) is 14.9 Å². The molecule has 1 aromatic heterocycles. The predicted molar refractivity (Wildman–Crippen MR) is 147 cm³/mol. The quantitative estimate of drug-likeness (QED) is 0.171.